The zero-order valence-corrected chi connectivity index (χ0v) is 19.9. The molecule has 34 heavy (non-hydrogen) atoms. The lowest BCUT2D eigenvalue weighted by Crippen LogP contribution is -2.44. The summed E-state index contributed by atoms with van der Waals surface area (Å²) in [6.07, 6.45) is -1.46. The van der Waals surface area contributed by atoms with Gasteiger partial charge in [-0.3, -0.25) is 8.98 Å². The van der Waals surface area contributed by atoms with E-state index in [0.717, 1.165) is 11.1 Å². The van der Waals surface area contributed by atoms with Crippen LogP contribution in [0.15, 0.2) is 77.7 Å². The molecular weight excluding hydrogens is 457 g/mol. The Bertz CT molecular complexity index is 1320. The van der Waals surface area contributed by atoms with E-state index in [1.165, 1.54) is 35.2 Å². The number of benzene rings is 3. The lowest BCUT2D eigenvalue weighted by Gasteiger charge is -2.33. The predicted octanol–water partition coefficient (Wildman–Crippen LogP) is 4.27. The number of halogens is 1. The van der Waals surface area contributed by atoms with Gasteiger partial charge in [0.1, 0.15) is 11.9 Å². The maximum atomic E-state index is 14.1. The molecule has 1 N–H and O–H groups in total. The monoisotopic (exact) mass is 483 g/mol. The summed E-state index contributed by atoms with van der Waals surface area (Å²) in [6.45, 7) is 4.77. The number of carbonyl (C=O) groups is 1. The number of anilines is 1. The molecule has 1 amide bonds. The average molecular weight is 484 g/mol. The van der Waals surface area contributed by atoms with Gasteiger partial charge in [-0.15, -0.1) is 0 Å². The minimum absolute atomic E-state index is 0.0451. The van der Waals surface area contributed by atoms with E-state index in [-0.39, 0.29) is 10.8 Å². The van der Waals surface area contributed by atoms with Crippen LogP contribution in [0.1, 0.15) is 36.6 Å². The Kier molecular flexibility index (Phi) is 6.33. The molecule has 0 bridgehead atoms. The van der Waals surface area contributed by atoms with Gasteiger partial charge in [-0.2, -0.15) is 8.42 Å². The number of hydrogen-bond donors (Lipinski definition) is 1. The Labute approximate surface area is 198 Å². The molecule has 1 heterocycles. The molecule has 0 unspecified atom stereocenters. The highest BCUT2D eigenvalue weighted by molar-refractivity contribution is 7.86. The Morgan fingerprint density at radius 1 is 1.03 bits per heavy atom. The molecular formula is C26H26FNO5S. The van der Waals surface area contributed by atoms with Crippen molar-refractivity contribution in [3.05, 3.63) is 95.3 Å². The fourth-order valence-corrected chi connectivity index (χ4v) is 5.20. The van der Waals surface area contributed by atoms with Gasteiger partial charge in [0, 0.05) is 5.69 Å². The van der Waals surface area contributed by atoms with Crippen LogP contribution in [0.4, 0.5) is 10.1 Å². The number of rotatable bonds is 7. The van der Waals surface area contributed by atoms with Crippen LogP contribution in [0.5, 0.6) is 0 Å². The second-order valence-corrected chi connectivity index (χ2v) is 10.6. The van der Waals surface area contributed by atoms with Crippen molar-refractivity contribution < 1.29 is 26.9 Å². The molecule has 1 aliphatic rings. The number of aliphatic hydroxyl groups excluding tert-OH is 1. The summed E-state index contributed by atoms with van der Waals surface area (Å²) in [4.78, 5) is 14.9. The van der Waals surface area contributed by atoms with E-state index >= 15 is 0 Å². The fourth-order valence-electron chi connectivity index (χ4n) is 4.27. The average Bonchev–Trinajstić information content (AvgIpc) is 2.99. The topological polar surface area (TPSA) is 83.9 Å². The molecule has 0 saturated heterocycles. The molecule has 4 rings (SSSR count). The van der Waals surface area contributed by atoms with Crippen LogP contribution in [0, 0.1) is 12.7 Å². The van der Waals surface area contributed by atoms with Crippen LogP contribution in [0.3, 0.4) is 0 Å². The predicted molar refractivity (Wildman–Crippen MR) is 126 cm³/mol. The molecule has 0 radical (unpaired) electrons. The van der Waals surface area contributed by atoms with Crippen molar-refractivity contribution in [3.8, 4) is 0 Å². The number of aliphatic hydroxyl groups is 1. The molecule has 2 atom stereocenters. The van der Waals surface area contributed by atoms with Crippen LogP contribution >= 0.6 is 0 Å². The molecule has 0 aromatic heterocycles. The van der Waals surface area contributed by atoms with E-state index in [0.29, 0.717) is 11.3 Å². The smallest absolute Gasteiger partial charge is 0.297 e. The highest BCUT2D eigenvalue weighted by Gasteiger charge is 2.48. The van der Waals surface area contributed by atoms with Gasteiger partial charge in [0.25, 0.3) is 10.1 Å². The highest BCUT2D eigenvalue weighted by atomic mass is 32.2. The zero-order valence-electron chi connectivity index (χ0n) is 19.1. The summed E-state index contributed by atoms with van der Waals surface area (Å²) in [7, 11) is -4.15. The number of aryl methyl sites for hydroxylation is 1. The molecule has 0 saturated carbocycles. The molecule has 3 aromatic rings. The summed E-state index contributed by atoms with van der Waals surface area (Å²) >= 11 is 0. The minimum atomic E-state index is -4.15. The minimum Gasteiger partial charge on any atom is -0.388 e. The Hall–Kier alpha value is -3.07. The molecule has 3 aromatic carbocycles. The molecule has 6 nitrogen and oxygen atoms in total. The van der Waals surface area contributed by atoms with Crippen molar-refractivity contribution in [1.29, 1.82) is 0 Å². The van der Waals surface area contributed by atoms with Crippen LogP contribution in [-0.4, -0.2) is 32.1 Å². The van der Waals surface area contributed by atoms with E-state index < -0.39 is 40.1 Å². The van der Waals surface area contributed by atoms with E-state index in [2.05, 4.69) is 0 Å². The van der Waals surface area contributed by atoms with Crippen molar-refractivity contribution in [1.82, 2.24) is 0 Å². The van der Waals surface area contributed by atoms with Crippen molar-refractivity contribution in [2.75, 3.05) is 11.5 Å². The second kappa shape index (κ2) is 8.94. The molecule has 0 aliphatic carbocycles. The van der Waals surface area contributed by atoms with E-state index in [1.807, 2.05) is 19.1 Å². The van der Waals surface area contributed by atoms with Gasteiger partial charge in [0.2, 0.25) is 5.91 Å². The van der Waals surface area contributed by atoms with Crippen molar-refractivity contribution >= 4 is 21.7 Å². The Balaban J connectivity index is 1.70. The van der Waals surface area contributed by atoms with Gasteiger partial charge < -0.3 is 10.0 Å². The summed E-state index contributed by atoms with van der Waals surface area (Å²) in [6, 6.07) is 17.8. The lowest BCUT2D eigenvalue weighted by molar-refractivity contribution is -0.123. The molecule has 8 heteroatoms. The van der Waals surface area contributed by atoms with Crippen LogP contribution < -0.4 is 4.90 Å². The fraction of sp³-hybridized carbons (Fsp3) is 0.269. The number of nitrogens with zero attached hydrogens (tertiary/aromatic N) is 1. The third kappa shape index (κ3) is 4.36. The Morgan fingerprint density at radius 3 is 2.38 bits per heavy atom. The van der Waals surface area contributed by atoms with Gasteiger partial charge in [0.15, 0.2) is 0 Å². The molecule has 178 valence electrons. The number of fused-ring (bicyclic) bond motifs is 1. The third-order valence-electron chi connectivity index (χ3n) is 6.13. The normalized spacial score (nSPS) is 16.9. The zero-order chi connectivity index (χ0) is 24.7. The van der Waals surface area contributed by atoms with Crippen LogP contribution in [0.2, 0.25) is 0 Å². The first-order valence-electron chi connectivity index (χ1n) is 10.8. The van der Waals surface area contributed by atoms with Crippen LogP contribution in [0.25, 0.3) is 0 Å². The van der Waals surface area contributed by atoms with Crippen molar-refractivity contribution in [3.63, 3.8) is 0 Å². The number of amides is 1. The summed E-state index contributed by atoms with van der Waals surface area (Å²) in [5, 5.41) is 11.2. The lowest BCUT2D eigenvalue weighted by atomic mass is 9.86. The van der Waals surface area contributed by atoms with Gasteiger partial charge in [0.05, 0.1) is 23.0 Å². The third-order valence-corrected chi connectivity index (χ3v) is 7.42. The largest absolute Gasteiger partial charge is 0.388 e. The number of para-hydroxylation sites is 1. The standard InChI is InChI=1S/C26H26FNO5S/c1-17-11-13-20(14-12-17)34(31,32)33-16-23(29)24(18-7-6-8-19(27)15-18)28-22-10-5-4-9-21(22)26(2,3)25(28)30/h4-15,23-24,29H,16H2,1-3H3/t23-,24+/m1/s1. The highest BCUT2D eigenvalue weighted by Crippen LogP contribution is 2.46. The first-order chi connectivity index (χ1) is 16.0. The number of hydrogen-bond acceptors (Lipinski definition) is 5. The Morgan fingerprint density at radius 2 is 1.71 bits per heavy atom. The van der Waals surface area contributed by atoms with Gasteiger partial charge in [-0.25, -0.2) is 4.39 Å². The van der Waals surface area contributed by atoms with E-state index in [4.69, 9.17) is 4.18 Å². The van der Waals surface area contributed by atoms with E-state index in [9.17, 15) is 22.7 Å². The molecule has 0 spiro atoms. The van der Waals surface area contributed by atoms with Crippen molar-refractivity contribution in [2.24, 2.45) is 0 Å². The second-order valence-electron chi connectivity index (χ2n) is 8.94. The summed E-state index contributed by atoms with van der Waals surface area (Å²) < 4.78 is 44.7. The summed E-state index contributed by atoms with van der Waals surface area (Å²) in [5.41, 5.74) is 1.68. The van der Waals surface area contributed by atoms with Gasteiger partial charge in [-0.05, 0) is 62.2 Å². The van der Waals surface area contributed by atoms with E-state index in [1.54, 1.807) is 44.2 Å². The SMILES string of the molecule is Cc1ccc(S(=O)(=O)OC[C@@H](O)[C@H](c2cccc(F)c2)N2C(=O)C(C)(C)c3ccccc32)cc1. The first-order valence-corrected chi connectivity index (χ1v) is 12.3. The van der Waals surface area contributed by atoms with Gasteiger partial charge in [-0.1, -0.05) is 48.0 Å². The van der Waals surface area contributed by atoms with Crippen LogP contribution in [-0.2, 0) is 24.5 Å². The van der Waals surface area contributed by atoms with Gasteiger partial charge >= 0.3 is 0 Å². The maximum Gasteiger partial charge on any atom is 0.297 e. The quantitative estimate of drug-likeness (QED) is 0.508. The molecule has 1 aliphatic heterocycles. The molecule has 0 fully saturated rings. The van der Waals surface area contributed by atoms with Crippen molar-refractivity contribution in [2.45, 2.75) is 43.2 Å². The maximum absolute atomic E-state index is 14.1. The first kappa shape index (κ1) is 24.1. The summed E-state index contributed by atoms with van der Waals surface area (Å²) in [5.74, 6) is -0.828. The number of carbonyl (C=O) groups excluding carboxylic acids is 1.